The van der Waals surface area contributed by atoms with Crippen molar-refractivity contribution in [2.45, 2.75) is 19.1 Å². The average molecular weight is 142 g/mol. The Bertz CT molecular complexity index is 132. The van der Waals surface area contributed by atoms with Crippen molar-refractivity contribution in [2.75, 3.05) is 6.54 Å². The van der Waals surface area contributed by atoms with E-state index in [4.69, 9.17) is 11.5 Å². The summed E-state index contributed by atoms with van der Waals surface area (Å²) in [7, 11) is 0. The van der Waals surface area contributed by atoms with Crippen LogP contribution in [0, 0.1) is 0 Å². The molecule has 0 bridgehead atoms. The maximum absolute atomic E-state index is 5.49. The van der Waals surface area contributed by atoms with E-state index < -0.39 is 0 Å². The molecule has 1 rings (SSSR count). The third-order valence-corrected chi connectivity index (χ3v) is 1.43. The summed E-state index contributed by atoms with van der Waals surface area (Å²) in [5.74, 6) is 0. The molecule has 0 aromatic carbocycles. The largest absolute Gasteiger partial charge is 0.358 e. The minimum atomic E-state index is -0.104. The van der Waals surface area contributed by atoms with E-state index >= 15 is 0 Å². The quantitative estimate of drug-likeness (QED) is 0.408. The van der Waals surface area contributed by atoms with Gasteiger partial charge in [-0.1, -0.05) is 0 Å². The molecule has 0 aromatic rings. The Morgan fingerprint density at radius 2 is 2.40 bits per heavy atom. The van der Waals surface area contributed by atoms with Crippen LogP contribution in [0.15, 0.2) is 11.9 Å². The lowest BCUT2D eigenvalue weighted by atomic mass is 10.2. The molecule has 58 valence electrons. The molecule has 6 N–H and O–H groups in total. The van der Waals surface area contributed by atoms with Crippen molar-refractivity contribution < 1.29 is 0 Å². The van der Waals surface area contributed by atoms with Crippen LogP contribution in [0.3, 0.4) is 0 Å². The summed E-state index contributed by atoms with van der Waals surface area (Å²) in [6.45, 7) is 0.730. The van der Waals surface area contributed by atoms with Gasteiger partial charge in [-0.25, -0.2) is 0 Å². The summed E-state index contributed by atoms with van der Waals surface area (Å²) in [6.07, 6.45) is 3.79. The molecule has 0 radical (unpaired) electrons. The minimum Gasteiger partial charge on any atom is -0.358 e. The number of hydrogen-bond acceptors (Lipinski definition) is 4. The highest BCUT2D eigenvalue weighted by atomic mass is 15.3. The van der Waals surface area contributed by atoms with Crippen LogP contribution in [0.25, 0.3) is 0 Å². The second-order valence-electron chi connectivity index (χ2n) is 2.35. The molecule has 0 saturated carbocycles. The zero-order chi connectivity index (χ0) is 7.40. The van der Waals surface area contributed by atoms with Crippen molar-refractivity contribution in [3.8, 4) is 0 Å². The van der Waals surface area contributed by atoms with E-state index in [1.807, 2.05) is 6.20 Å². The molecule has 4 heteroatoms. The molecule has 0 saturated heterocycles. The highest BCUT2D eigenvalue weighted by Crippen LogP contribution is 2.02. The van der Waals surface area contributed by atoms with Crippen LogP contribution >= 0.6 is 0 Å². The van der Waals surface area contributed by atoms with E-state index in [0.717, 1.165) is 25.1 Å². The fourth-order valence-corrected chi connectivity index (χ4v) is 0.910. The summed E-state index contributed by atoms with van der Waals surface area (Å²) >= 11 is 0. The summed E-state index contributed by atoms with van der Waals surface area (Å²) in [6, 6.07) is 0. The van der Waals surface area contributed by atoms with Gasteiger partial charge in [0.25, 0.3) is 0 Å². The fraction of sp³-hybridized carbons (Fsp3) is 0.667. The molecule has 10 heavy (non-hydrogen) atoms. The lowest BCUT2D eigenvalue weighted by Gasteiger charge is -2.06. The highest BCUT2D eigenvalue weighted by molar-refractivity contribution is 5.05. The molecule has 1 unspecified atom stereocenters. The Morgan fingerprint density at radius 3 is 2.90 bits per heavy atom. The first-order valence-corrected chi connectivity index (χ1v) is 3.50. The SMILES string of the molecule is NCCCC1=CNC(N)N1. The fourth-order valence-electron chi connectivity index (χ4n) is 0.910. The van der Waals surface area contributed by atoms with Gasteiger partial charge in [0.1, 0.15) is 6.29 Å². The molecular formula is C6H14N4. The third kappa shape index (κ3) is 1.89. The van der Waals surface area contributed by atoms with E-state index in [2.05, 4.69) is 10.6 Å². The van der Waals surface area contributed by atoms with Crippen molar-refractivity contribution >= 4 is 0 Å². The Kier molecular flexibility index (Phi) is 2.53. The predicted octanol–water partition coefficient (Wildman–Crippen LogP) is -0.998. The van der Waals surface area contributed by atoms with Crippen molar-refractivity contribution in [3.63, 3.8) is 0 Å². The van der Waals surface area contributed by atoms with Crippen molar-refractivity contribution in [3.05, 3.63) is 11.9 Å². The smallest absolute Gasteiger partial charge is 0.149 e. The van der Waals surface area contributed by atoms with E-state index in [1.165, 1.54) is 0 Å². The van der Waals surface area contributed by atoms with Gasteiger partial charge >= 0.3 is 0 Å². The van der Waals surface area contributed by atoms with E-state index in [1.54, 1.807) is 0 Å². The van der Waals surface area contributed by atoms with Gasteiger partial charge in [-0.2, -0.15) is 0 Å². The van der Waals surface area contributed by atoms with Crippen LogP contribution in [-0.2, 0) is 0 Å². The van der Waals surface area contributed by atoms with Gasteiger partial charge in [-0.05, 0) is 19.4 Å². The van der Waals surface area contributed by atoms with E-state index in [-0.39, 0.29) is 6.29 Å². The Morgan fingerprint density at radius 1 is 1.60 bits per heavy atom. The summed E-state index contributed by atoms with van der Waals surface area (Å²) in [5.41, 5.74) is 12.0. The average Bonchev–Trinajstić information content (AvgIpc) is 2.31. The Labute approximate surface area is 60.6 Å². The van der Waals surface area contributed by atoms with E-state index in [0.29, 0.717) is 0 Å². The van der Waals surface area contributed by atoms with Crippen molar-refractivity contribution in [1.29, 1.82) is 0 Å². The van der Waals surface area contributed by atoms with Crippen molar-refractivity contribution in [1.82, 2.24) is 10.6 Å². The maximum atomic E-state index is 5.49. The van der Waals surface area contributed by atoms with Gasteiger partial charge in [0.2, 0.25) is 0 Å². The highest BCUT2D eigenvalue weighted by Gasteiger charge is 2.07. The van der Waals surface area contributed by atoms with Crippen LogP contribution in [0.2, 0.25) is 0 Å². The zero-order valence-corrected chi connectivity index (χ0v) is 5.93. The zero-order valence-electron chi connectivity index (χ0n) is 5.93. The maximum Gasteiger partial charge on any atom is 0.149 e. The molecular weight excluding hydrogens is 128 g/mol. The topological polar surface area (TPSA) is 76.1 Å². The van der Waals surface area contributed by atoms with Gasteiger partial charge in [-0.15, -0.1) is 0 Å². The minimum absolute atomic E-state index is 0.104. The van der Waals surface area contributed by atoms with Gasteiger partial charge < -0.3 is 16.4 Å². The number of nitrogens with one attached hydrogen (secondary N) is 2. The van der Waals surface area contributed by atoms with Crippen LogP contribution < -0.4 is 22.1 Å². The van der Waals surface area contributed by atoms with Gasteiger partial charge in [0.15, 0.2) is 0 Å². The second kappa shape index (κ2) is 3.43. The summed E-state index contributed by atoms with van der Waals surface area (Å²) in [4.78, 5) is 0. The monoisotopic (exact) mass is 142 g/mol. The van der Waals surface area contributed by atoms with Crippen LogP contribution in [0.5, 0.6) is 0 Å². The van der Waals surface area contributed by atoms with Gasteiger partial charge in [0, 0.05) is 11.9 Å². The molecule has 0 fully saturated rings. The first kappa shape index (κ1) is 7.37. The summed E-state index contributed by atoms with van der Waals surface area (Å²) < 4.78 is 0. The summed E-state index contributed by atoms with van der Waals surface area (Å²) in [5, 5.41) is 6.00. The predicted molar refractivity (Wildman–Crippen MR) is 40.6 cm³/mol. The molecule has 0 spiro atoms. The molecule has 1 aliphatic heterocycles. The molecule has 1 aliphatic rings. The van der Waals surface area contributed by atoms with Crippen LogP contribution in [-0.4, -0.2) is 12.8 Å². The third-order valence-electron chi connectivity index (χ3n) is 1.43. The van der Waals surface area contributed by atoms with Crippen molar-refractivity contribution in [2.24, 2.45) is 11.5 Å². The number of hydrogen-bond donors (Lipinski definition) is 4. The molecule has 0 aliphatic carbocycles. The lowest BCUT2D eigenvalue weighted by molar-refractivity contribution is 0.572. The molecule has 0 amide bonds. The lowest BCUT2D eigenvalue weighted by Crippen LogP contribution is -2.40. The van der Waals surface area contributed by atoms with Gasteiger partial charge in [0.05, 0.1) is 0 Å². The molecule has 0 aromatic heterocycles. The molecule has 4 nitrogen and oxygen atoms in total. The van der Waals surface area contributed by atoms with Crippen LogP contribution in [0.1, 0.15) is 12.8 Å². The number of nitrogens with two attached hydrogens (primary N) is 2. The Hall–Kier alpha value is -0.740. The van der Waals surface area contributed by atoms with Gasteiger partial charge in [-0.3, -0.25) is 5.73 Å². The van der Waals surface area contributed by atoms with E-state index in [9.17, 15) is 0 Å². The number of rotatable bonds is 3. The normalized spacial score (nSPS) is 23.4. The first-order valence-electron chi connectivity index (χ1n) is 3.50. The molecule has 1 heterocycles. The number of allylic oxidation sites excluding steroid dienone is 1. The first-order chi connectivity index (χ1) is 4.83. The second-order valence-corrected chi connectivity index (χ2v) is 2.35. The molecule has 1 atom stereocenters. The Balaban J connectivity index is 2.17. The standard InChI is InChI=1S/C6H14N4/c7-3-1-2-5-4-9-6(8)10-5/h4,6,9-10H,1-3,7-8H2. The van der Waals surface area contributed by atoms with Crippen LogP contribution in [0.4, 0.5) is 0 Å².